The lowest BCUT2D eigenvalue weighted by Gasteiger charge is -2.18. The summed E-state index contributed by atoms with van der Waals surface area (Å²) < 4.78 is 39.4. The largest absolute Gasteiger partial charge is 0.486 e. The summed E-state index contributed by atoms with van der Waals surface area (Å²) in [5.74, 6) is 1.20. The Hall–Kier alpha value is -3.83. The van der Waals surface area contributed by atoms with Gasteiger partial charge in [-0.15, -0.1) is 0 Å². The minimum absolute atomic E-state index is 0.0361. The summed E-state index contributed by atoms with van der Waals surface area (Å²) in [7, 11) is -4.24. The number of hydrazone groups is 1. The number of fused-ring (bicyclic) bond motifs is 1. The van der Waals surface area contributed by atoms with E-state index < -0.39 is 20.6 Å². The van der Waals surface area contributed by atoms with Crippen molar-refractivity contribution in [3.8, 4) is 11.5 Å². The highest BCUT2D eigenvalue weighted by molar-refractivity contribution is 7.93. The van der Waals surface area contributed by atoms with E-state index in [-0.39, 0.29) is 21.3 Å². The molecular weight excluding hydrogens is 472 g/mol. The van der Waals surface area contributed by atoms with Crippen LogP contribution in [0.4, 0.5) is 17.1 Å². The van der Waals surface area contributed by atoms with Crippen LogP contribution in [0.15, 0.2) is 70.7 Å². The molecular formula is C21H17ClN4O6S. The number of halogens is 1. The number of nitro groups is 1. The molecule has 1 heterocycles. The first-order chi connectivity index (χ1) is 15.8. The maximum absolute atomic E-state index is 13.0. The van der Waals surface area contributed by atoms with Gasteiger partial charge in [-0.3, -0.25) is 20.3 Å². The van der Waals surface area contributed by atoms with Crippen molar-refractivity contribution in [1.82, 2.24) is 0 Å². The number of benzene rings is 3. The molecule has 1 aliphatic rings. The molecule has 0 bridgehead atoms. The molecule has 0 saturated carbocycles. The molecule has 33 heavy (non-hydrogen) atoms. The van der Waals surface area contributed by atoms with E-state index in [0.717, 1.165) is 6.07 Å². The molecule has 0 amide bonds. The van der Waals surface area contributed by atoms with E-state index in [1.807, 2.05) is 0 Å². The Morgan fingerprint density at radius 2 is 1.76 bits per heavy atom. The third-order valence-corrected chi connectivity index (χ3v) is 6.28. The Morgan fingerprint density at radius 1 is 1.00 bits per heavy atom. The number of hydrogen-bond acceptors (Lipinski definition) is 8. The maximum atomic E-state index is 13.0. The number of nitrogens with one attached hydrogen (secondary N) is 2. The summed E-state index contributed by atoms with van der Waals surface area (Å²) in [6.45, 7) is 0.913. The minimum atomic E-state index is -4.24. The van der Waals surface area contributed by atoms with Crippen LogP contribution in [0, 0.1) is 10.1 Å². The first kappa shape index (κ1) is 22.4. The van der Waals surface area contributed by atoms with Crippen molar-refractivity contribution in [2.75, 3.05) is 23.4 Å². The Labute approximate surface area is 194 Å². The lowest BCUT2D eigenvalue weighted by molar-refractivity contribution is -0.385. The zero-order valence-electron chi connectivity index (χ0n) is 16.9. The summed E-state index contributed by atoms with van der Waals surface area (Å²) in [4.78, 5) is 10.2. The van der Waals surface area contributed by atoms with Crippen molar-refractivity contribution in [2.45, 2.75) is 4.90 Å². The second-order valence-corrected chi connectivity index (χ2v) is 8.85. The molecule has 3 aromatic rings. The third-order valence-electron chi connectivity index (χ3n) is 4.55. The molecule has 10 nitrogen and oxygen atoms in total. The van der Waals surface area contributed by atoms with Gasteiger partial charge in [-0.05, 0) is 42.0 Å². The second kappa shape index (κ2) is 9.35. The number of ether oxygens (including phenoxy) is 2. The van der Waals surface area contributed by atoms with Crippen molar-refractivity contribution in [2.24, 2.45) is 5.10 Å². The third kappa shape index (κ3) is 5.16. The topological polar surface area (TPSA) is 132 Å². The smallest absolute Gasteiger partial charge is 0.270 e. The van der Waals surface area contributed by atoms with Crippen LogP contribution < -0.4 is 19.6 Å². The first-order valence-corrected chi connectivity index (χ1v) is 11.4. The highest BCUT2D eigenvalue weighted by Gasteiger charge is 2.23. The predicted octanol–water partition coefficient (Wildman–Crippen LogP) is 4.27. The quantitative estimate of drug-likeness (QED) is 0.288. The number of non-ortho nitro benzene ring substituents is 1. The number of nitro benzene ring substituents is 1. The standard InChI is InChI=1S/C21H17ClN4O6S/c22-16-3-1-2-4-17(16)25-33(29,30)21-12-15(26(27)28)6-7-18(21)24-23-13-14-5-8-19-20(11-14)32-10-9-31-19/h1-8,11-13,24-25H,9-10H2/b23-13-. The number of nitrogens with zero attached hydrogens (tertiary/aromatic N) is 2. The van der Waals surface area contributed by atoms with Gasteiger partial charge >= 0.3 is 0 Å². The normalized spacial score (nSPS) is 13.0. The molecule has 3 aromatic carbocycles. The van der Waals surface area contributed by atoms with Gasteiger partial charge in [0.25, 0.3) is 15.7 Å². The summed E-state index contributed by atoms with van der Waals surface area (Å²) in [5.41, 5.74) is 3.09. The predicted molar refractivity (Wildman–Crippen MR) is 124 cm³/mol. The minimum Gasteiger partial charge on any atom is -0.486 e. The van der Waals surface area contributed by atoms with Gasteiger partial charge in [-0.2, -0.15) is 5.10 Å². The first-order valence-electron chi connectivity index (χ1n) is 9.58. The molecule has 0 aliphatic carbocycles. The summed E-state index contributed by atoms with van der Waals surface area (Å²) in [6, 6.07) is 14.9. The zero-order valence-corrected chi connectivity index (χ0v) is 18.5. The van der Waals surface area contributed by atoms with Crippen LogP contribution in [0.5, 0.6) is 11.5 Å². The van der Waals surface area contributed by atoms with Crippen LogP contribution in [0.2, 0.25) is 5.02 Å². The van der Waals surface area contributed by atoms with E-state index in [2.05, 4.69) is 15.2 Å². The molecule has 0 unspecified atom stereocenters. The van der Waals surface area contributed by atoms with Crippen molar-refractivity contribution in [3.05, 3.63) is 81.4 Å². The average Bonchev–Trinajstić information content (AvgIpc) is 2.80. The van der Waals surface area contributed by atoms with Crippen LogP contribution in [-0.4, -0.2) is 32.8 Å². The lowest BCUT2D eigenvalue weighted by atomic mass is 10.2. The SMILES string of the molecule is O=[N+]([O-])c1ccc(N/N=C\c2ccc3c(c2)OCCO3)c(S(=O)(=O)Nc2ccccc2Cl)c1. The van der Waals surface area contributed by atoms with Crippen molar-refractivity contribution >= 4 is 44.9 Å². The van der Waals surface area contributed by atoms with Crippen LogP contribution in [-0.2, 0) is 10.0 Å². The van der Waals surface area contributed by atoms with E-state index >= 15 is 0 Å². The summed E-state index contributed by atoms with van der Waals surface area (Å²) in [5, 5.41) is 15.5. The molecule has 0 spiro atoms. The Morgan fingerprint density at radius 3 is 2.52 bits per heavy atom. The van der Waals surface area contributed by atoms with Crippen LogP contribution in [0.3, 0.4) is 0 Å². The molecule has 0 radical (unpaired) electrons. The van der Waals surface area contributed by atoms with Gasteiger partial charge in [0.15, 0.2) is 11.5 Å². The van der Waals surface area contributed by atoms with Gasteiger partial charge in [-0.25, -0.2) is 8.42 Å². The fourth-order valence-corrected chi connectivity index (χ4v) is 4.50. The molecule has 2 N–H and O–H groups in total. The number of para-hydroxylation sites is 1. The number of sulfonamides is 1. The fourth-order valence-electron chi connectivity index (χ4n) is 3.00. The second-order valence-electron chi connectivity index (χ2n) is 6.80. The van der Waals surface area contributed by atoms with E-state index in [4.69, 9.17) is 21.1 Å². The van der Waals surface area contributed by atoms with Gasteiger partial charge in [0.1, 0.15) is 18.1 Å². The van der Waals surface area contributed by atoms with Gasteiger partial charge < -0.3 is 9.47 Å². The highest BCUT2D eigenvalue weighted by Crippen LogP contribution is 2.31. The molecule has 0 fully saturated rings. The average molecular weight is 489 g/mol. The van der Waals surface area contributed by atoms with Crippen LogP contribution in [0.25, 0.3) is 0 Å². The van der Waals surface area contributed by atoms with Gasteiger partial charge in [-0.1, -0.05) is 23.7 Å². The number of anilines is 2. The molecule has 0 atom stereocenters. The monoisotopic (exact) mass is 488 g/mol. The molecule has 0 aromatic heterocycles. The Balaban J connectivity index is 1.62. The fraction of sp³-hybridized carbons (Fsp3) is 0.0952. The van der Waals surface area contributed by atoms with Gasteiger partial charge in [0.2, 0.25) is 0 Å². The molecule has 0 saturated heterocycles. The summed E-state index contributed by atoms with van der Waals surface area (Å²) in [6.07, 6.45) is 1.46. The number of rotatable bonds is 7. The Kier molecular flexibility index (Phi) is 6.33. The molecule has 4 rings (SSSR count). The van der Waals surface area contributed by atoms with Crippen molar-refractivity contribution in [3.63, 3.8) is 0 Å². The summed E-state index contributed by atoms with van der Waals surface area (Å²) >= 11 is 6.05. The highest BCUT2D eigenvalue weighted by atomic mass is 35.5. The van der Waals surface area contributed by atoms with E-state index in [9.17, 15) is 18.5 Å². The molecule has 12 heteroatoms. The maximum Gasteiger partial charge on any atom is 0.270 e. The van der Waals surface area contributed by atoms with Crippen molar-refractivity contribution < 1.29 is 22.8 Å². The van der Waals surface area contributed by atoms with Gasteiger partial charge in [0.05, 0.1) is 27.5 Å². The molecule has 1 aliphatic heterocycles. The Bertz CT molecular complexity index is 1350. The van der Waals surface area contributed by atoms with Crippen LogP contribution >= 0.6 is 11.6 Å². The lowest BCUT2D eigenvalue weighted by Crippen LogP contribution is -2.15. The molecule has 170 valence electrons. The van der Waals surface area contributed by atoms with Crippen molar-refractivity contribution in [1.29, 1.82) is 0 Å². The van der Waals surface area contributed by atoms with E-state index in [1.165, 1.54) is 30.5 Å². The van der Waals surface area contributed by atoms with E-state index in [0.29, 0.717) is 30.3 Å². The van der Waals surface area contributed by atoms with Gasteiger partial charge in [0, 0.05) is 12.1 Å². The van der Waals surface area contributed by atoms with Crippen LogP contribution in [0.1, 0.15) is 5.56 Å². The van der Waals surface area contributed by atoms with E-state index in [1.54, 1.807) is 30.3 Å². The number of hydrogen-bond donors (Lipinski definition) is 2. The zero-order chi connectivity index (χ0) is 23.4.